The van der Waals surface area contributed by atoms with Gasteiger partial charge in [0.05, 0.1) is 0 Å². The van der Waals surface area contributed by atoms with Gasteiger partial charge in [-0.3, -0.25) is 4.79 Å². The number of para-hydroxylation sites is 1. The van der Waals surface area contributed by atoms with Crippen LogP contribution in [0.25, 0.3) is 0 Å². The van der Waals surface area contributed by atoms with E-state index in [0.717, 1.165) is 17.7 Å². The summed E-state index contributed by atoms with van der Waals surface area (Å²) in [7, 11) is 0. The van der Waals surface area contributed by atoms with Crippen LogP contribution in [0.2, 0.25) is 0 Å². The quantitative estimate of drug-likeness (QED) is 0.641. The Morgan fingerprint density at radius 1 is 1.24 bits per heavy atom. The third-order valence-electron chi connectivity index (χ3n) is 4.67. The van der Waals surface area contributed by atoms with E-state index in [2.05, 4.69) is 12.2 Å². The number of nitrogens with two attached hydrogens (primary N) is 1. The minimum Gasteiger partial charge on any atom is -0.399 e. The van der Waals surface area contributed by atoms with Gasteiger partial charge in [0.25, 0.3) is 0 Å². The maximum Gasteiger partial charge on any atom is 0.220 e. The fourth-order valence-corrected chi connectivity index (χ4v) is 3.26. The number of nitrogens with one attached hydrogen (secondary N) is 1. The zero-order valence-corrected chi connectivity index (χ0v) is 13.1. The third-order valence-corrected chi connectivity index (χ3v) is 4.67. The van der Waals surface area contributed by atoms with Gasteiger partial charge in [0.15, 0.2) is 0 Å². The van der Waals surface area contributed by atoms with Crippen molar-refractivity contribution < 1.29 is 4.79 Å². The Balaban J connectivity index is 1.77. The van der Waals surface area contributed by atoms with E-state index in [0.29, 0.717) is 18.4 Å². The lowest BCUT2D eigenvalue weighted by atomic mass is 9.93. The van der Waals surface area contributed by atoms with Gasteiger partial charge in [0, 0.05) is 18.2 Å². The van der Waals surface area contributed by atoms with Crippen molar-refractivity contribution in [3.8, 4) is 0 Å². The molecule has 0 heterocycles. The molecule has 0 radical (unpaired) electrons. The Labute approximate surface area is 128 Å². The predicted molar refractivity (Wildman–Crippen MR) is 88.0 cm³/mol. The van der Waals surface area contributed by atoms with Crippen molar-refractivity contribution in [2.75, 3.05) is 5.73 Å². The Hall–Kier alpha value is -1.51. The highest BCUT2D eigenvalue weighted by Gasteiger charge is 2.20. The molecule has 21 heavy (non-hydrogen) atoms. The molecule has 0 bridgehead atoms. The lowest BCUT2D eigenvalue weighted by Gasteiger charge is -2.23. The van der Waals surface area contributed by atoms with Crippen molar-refractivity contribution in [3.05, 3.63) is 29.8 Å². The Kier molecular flexibility index (Phi) is 6.09. The summed E-state index contributed by atoms with van der Waals surface area (Å²) in [4.78, 5) is 12.1. The number of carbonyl (C=O) groups excluding carboxylic acids is 1. The fourth-order valence-electron chi connectivity index (χ4n) is 3.26. The first-order valence-electron chi connectivity index (χ1n) is 8.29. The van der Waals surface area contributed by atoms with Crippen LogP contribution in [-0.2, 0) is 11.2 Å². The standard InChI is InChI=1S/C18H28N2O/c1-14(15-8-4-2-3-5-9-15)20-18(21)13-12-16-10-6-7-11-17(16)19/h6-7,10-11,14-15H,2-5,8-9,12-13,19H2,1H3,(H,20,21)/t14-/m1/s1. The van der Waals surface area contributed by atoms with Gasteiger partial charge in [-0.15, -0.1) is 0 Å². The van der Waals surface area contributed by atoms with Crippen LogP contribution >= 0.6 is 0 Å². The van der Waals surface area contributed by atoms with Gasteiger partial charge in [-0.25, -0.2) is 0 Å². The van der Waals surface area contributed by atoms with E-state index in [-0.39, 0.29) is 5.91 Å². The second-order valence-electron chi connectivity index (χ2n) is 6.31. The maximum absolute atomic E-state index is 12.1. The second kappa shape index (κ2) is 8.06. The zero-order valence-electron chi connectivity index (χ0n) is 13.1. The van der Waals surface area contributed by atoms with Crippen LogP contribution in [0.3, 0.4) is 0 Å². The number of amides is 1. The summed E-state index contributed by atoms with van der Waals surface area (Å²) < 4.78 is 0. The summed E-state index contributed by atoms with van der Waals surface area (Å²) >= 11 is 0. The van der Waals surface area contributed by atoms with Gasteiger partial charge < -0.3 is 11.1 Å². The Bertz CT molecular complexity index is 450. The minimum absolute atomic E-state index is 0.148. The van der Waals surface area contributed by atoms with Crippen LogP contribution < -0.4 is 11.1 Å². The van der Waals surface area contributed by atoms with Crippen LogP contribution in [0, 0.1) is 5.92 Å². The van der Waals surface area contributed by atoms with Crippen molar-refractivity contribution in [1.82, 2.24) is 5.32 Å². The van der Waals surface area contributed by atoms with E-state index in [1.165, 1.54) is 38.5 Å². The average Bonchev–Trinajstić information content (AvgIpc) is 2.75. The number of hydrogen-bond donors (Lipinski definition) is 2. The largest absolute Gasteiger partial charge is 0.399 e. The smallest absolute Gasteiger partial charge is 0.220 e. The fraction of sp³-hybridized carbons (Fsp3) is 0.611. The van der Waals surface area contributed by atoms with E-state index >= 15 is 0 Å². The van der Waals surface area contributed by atoms with Crippen molar-refractivity contribution in [2.24, 2.45) is 5.92 Å². The monoisotopic (exact) mass is 288 g/mol. The van der Waals surface area contributed by atoms with Crippen LogP contribution in [0.1, 0.15) is 57.4 Å². The maximum atomic E-state index is 12.1. The van der Waals surface area contributed by atoms with Gasteiger partial charge in [0.1, 0.15) is 0 Å². The first-order chi connectivity index (χ1) is 10.2. The number of benzene rings is 1. The summed E-state index contributed by atoms with van der Waals surface area (Å²) in [6, 6.07) is 8.08. The molecule has 1 amide bonds. The van der Waals surface area contributed by atoms with Gasteiger partial charge in [-0.05, 0) is 43.7 Å². The molecule has 1 fully saturated rings. The molecule has 3 heteroatoms. The summed E-state index contributed by atoms with van der Waals surface area (Å²) in [5.41, 5.74) is 7.75. The average molecular weight is 288 g/mol. The molecular formula is C18H28N2O. The number of nitrogen functional groups attached to an aromatic ring is 1. The lowest BCUT2D eigenvalue weighted by molar-refractivity contribution is -0.122. The highest BCUT2D eigenvalue weighted by atomic mass is 16.1. The molecule has 0 aliphatic heterocycles. The van der Waals surface area contributed by atoms with Gasteiger partial charge in [-0.1, -0.05) is 43.9 Å². The first-order valence-corrected chi connectivity index (χ1v) is 8.29. The molecule has 0 spiro atoms. The summed E-state index contributed by atoms with van der Waals surface area (Å²) in [6.07, 6.45) is 9.08. The number of aryl methyl sites for hydroxylation is 1. The molecule has 2 rings (SSSR count). The molecule has 1 aromatic rings. The molecule has 1 saturated carbocycles. The van der Waals surface area contributed by atoms with Crippen molar-refractivity contribution in [1.29, 1.82) is 0 Å². The topological polar surface area (TPSA) is 55.1 Å². The number of hydrogen-bond acceptors (Lipinski definition) is 2. The molecular weight excluding hydrogens is 260 g/mol. The molecule has 1 aliphatic rings. The molecule has 0 saturated heterocycles. The SMILES string of the molecule is C[C@@H](NC(=O)CCc1ccccc1N)C1CCCCCC1. The molecule has 116 valence electrons. The normalized spacial score (nSPS) is 18.0. The van der Waals surface area contributed by atoms with Crippen LogP contribution in [0.5, 0.6) is 0 Å². The molecule has 1 aliphatic carbocycles. The van der Waals surface area contributed by atoms with E-state index in [1.54, 1.807) is 0 Å². The van der Waals surface area contributed by atoms with Gasteiger partial charge >= 0.3 is 0 Å². The highest BCUT2D eigenvalue weighted by molar-refractivity contribution is 5.76. The molecule has 1 atom stereocenters. The van der Waals surface area contributed by atoms with E-state index < -0.39 is 0 Å². The van der Waals surface area contributed by atoms with Crippen LogP contribution in [-0.4, -0.2) is 11.9 Å². The Morgan fingerprint density at radius 2 is 1.90 bits per heavy atom. The molecule has 3 N–H and O–H groups in total. The molecule has 0 aromatic heterocycles. The molecule has 3 nitrogen and oxygen atoms in total. The summed E-state index contributed by atoms with van der Waals surface area (Å²) in [5, 5.41) is 3.19. The predicted octanol–water partition coefficient (Wildman–Crippen LogP) is 3.68. The van der Waals surface area contributed by atoms with E-state index in [9.17, 15) is 4.79 Å². The van der Waals surface area contributed by atoms with E-state index in [1.807, 2.05) is 24.3 Å². The molecule has 0 unspecified atom stereocenters. The zero-order chi connectivity index (χ0) is 15.1. The number of carbonyl (C=O) groups is 1. The summed E-state index contributed by atoms with van der Waals surface area (Å²) in [5.74, 6) is 0.799. The van der Waals surface area contributed by atoms with Crippen molar-refractivity contribution in [3.63, 3.8) is 0 Å². The Morgan fingerprint density at radius 3 is 2.57 bits per heavy atom. The molecule has 1 aromatic carbocycles. The van der Waals surface area contributed by atoms with Crippen LogP contribution in [0.15, 0.2) is 24.3 Å². The van der Waals surface area contributed by atoms with E-state index in [4.69, 9.17) is 5.73 Å². The lowest BCUT2D eigenvalue weighted by Crippen LogP contribution is -2.38. The first kappa shape index (κ1) is 15.9. The van der Waals surface area contributed by atoms with Crippen molar-refractivity contribution >= 4 is 11.6 Å². The summed E-state index contributed by atoms with van der Waals surface area (Å²) in [6.45, 7) is 2.16. The highest BCUT2D eigenvalue weighted by Crippen LogP contribution is 2.25. The number of rotatable bonds is 5. The number of anilines is 1. The minimum atomic E-state index is 0.148. The third kappa shape index (κ3) is 5.07. The van der Waals surface area contributed by atoms with Gasteiger partial charge in [-0.2, -0.15) is 0 Å². The van der Waals surface area contributed by atoms with Gasteiger partial charge in [0.2, 0.25) is 5.91 Å². The van der Waals surface area contributed by atoms with Crippen LogP contribution in [0.4, 0.5) is 5.69 Å². The second-order valence-corrected chi connectivity index (χ2v) is 6.31. The van der Waals surface area contributed by atoms with Crippen molar-refractivity contribution in [2.45, 2.75) is 64.3 Å².